The normalized spacial score (nSPS) is 34.0. The number of rotatable bonds is 3. The van der Waals surface area contributed by atoms with Crippen molar-refractivity contribution in [3.05, 3.63) is 18.2 Å². The molecular formula is C19H22N2OS2. The van der Waals surface area contributed by atoms with Gasteiger partial charge in [-0.15, -0.1) is 11.8 Å². The number of thioether (sulfide) groups is 1. The third-order valence-electron chi connectivity index (χ3n) is 6.34. The number of thiazole rings is 1. The average Bonchev–Trinajstić information content (AvgIpc) is 2.95. The van der Waals surface area contributed by atoms with Gasteiger partial charge in [-0.1, -0.05) is 17.4 Å². The average molecular weight is 359 g/mol. The molecule has 4 bridgehead atoms. The molecule has 4 saturated carbocycles. The van der Waals surface area contributed by atoms with Crippen LogP contribution in [-0.2, 0) is 4.79 Å². The van der Waals surface area contributed by atoms with Crippen molar-refractivity contribution in [3.8, 4) is 0 Å². The van der Waals surface area contributed by atoms with Crippen molar-refractivity contribution >= 4 is 44.4 Å². The molecule has 0 atom stereocenters. The molecule has 4 fully saturated rings. The molecule has 1 aromatic carbocycles. The molecule has 2 aromatic rings. The third kappa shape index (κ3) is 2.31. The van der Waals surface area contributed by atoms with E-state index in [4.69, 9.17) is 4.98 Å². The van der Waals surface area contributed by atoms with Crippen LogP contribution >= 0.6 is 23.1 Å². The predicted octanol–water partition coefficient (Wildman–Crippen LogP) is 5.17. The molecule has 3 nitrogen and oxygen atoms in total. The lowest BCUT2D eigenvalue weighted by Gasteiger charge is -2.55. The first-order chi connectivity index (χ1) is 11.6. The van der Waals surface area contributed by atoms with Gasteiger partial charge in [-0.3, -0.25) is 4.79 Å². The number of hydrogen-bond donors (Lipinski definition) is 1. The second-order valence-electron chi connectivity index (χ2n) is 7.98. The lowest BCUT2D eigenvalue weighted by atomic mass is 9.49. The van der Waals surface area contributed by atoms with Crippen LogP contribution in [0.15, 0.2) is 23.1 Å². The zero-order chi connectivity index (χ0) is 16.3. The van der Waals surface area contributed by atoms with Crippen LogP contribution < -0.4 is 5.32 Å². The topological polar surface area (TPSA) is 42.0 Å². The fourth-order valence-corrected chi connectivity index (χ4v) is 7.28. The van der Waals surface area contributed by atoms with Crippen LogP contribution in [0.25, 0.3) is 10.2 Å². The van der Waals surface area contributed by atoms with Crippen LogP contribution in [0.2, 0.25) is 0 Å². The van der Waals surface area contributed by atoms with E-state index < -0.39 is 0 Å². The van der Waals surface area contributed by atoms with Gasteiger partial charge in [0.1, 0.15) is 0 Å². The molecule has 6 rings (SSSR count). The molecule has 1 heterocycles. The Morgan fingerprint density at radius 2 is 1.88 bits per heavy atom. The van der Waals surface area contributed by atoms with Crippen molar-refractivity contribution in [2.24, 2.45) is 23.2 Å². The Hall–Kier alpha value is -1.07. The SMILES string of the molecule is CSc1cccc2sc(NC(=O)C34CC5CC(CC(C5)C3)C4)nc12. The van der Waals surface area contributed by atoms with Gasteiger partial charge < -0.3 is 5.32 Å². The number of carbonyl (C=O) groups is 1. The summed E-state index contributed by atoms with van der Waals surface area (Å²) in [5.74, 6) is 2.62. The van der Waals surface area contributed by atoms with E-state index >= 15 is 0 Å². The molecule has 24 heavy (non-hydrogen) atoms. The Balaban J connectivity index is 1.43. The maximum Gasteiger partial charge on any atom is 0.232 e. The predicted molar refractivity (Wildman–Crippen MR) is 101 cm³/mol. The molecule has 1 amide bonds. The minimum Gasteiger partial charge on any atom is -0.301 e. The number of hydrogen-bond acceptors (Lipinski definition) is 4. The zero-order valence-electron chi connectivity index (χ0n) is 13.9. The smallest absolute Gasteiger partial charge is 0.232 e. The Morgan fingerprint density at radius 1 is 1.21 bits per heavy atom. The Labute approximate surface area is 150 Å². The van der Waals surface area contributed by atoms with Gasteiger partial charge >= 0.3 is 0 Å². The van der Waals surface area contributed by atoms with Crippen LogP contribution in [0, 0.1) is 23.2 Å². The summed E-state index contributed by atoms with van der Waals surface area (Å²) < 4.78 is 1.16. The summed E-state index contributed by atoms with van der Waals surface area (Å²) in [6, 6.07) is 6.25. The number of para-hydroxylation sites is 1. The van der Waals surface area contributed by atoms with Crippen LogP contribution in [0.5, 0.6) is 0 Å². The van der Waals surface area contributed by atoms with Crippen molar-refractivity contribution < 1.29 is 4.79 Å². The van der Waals surface area contributed by atoms with Gasteiger partial charge in [-0.25, -0.2) is 4.98 Å². The third-order valence-corrected chi connectivity index (χ3v) is 8.05. The van der Waals surface area contributed by atoms with Gasteiger partial charge in [0.2, 0.25) is 5.91 Å². The highest BCUT2D eigenvalue weighted by Gasteiger charge is 2.54. The molecule has 1 N–H and O–H groups in total. The van der Waals surface area contributed by atoms with E-state index in [1.165, 1.54) is 24.2 Å². The Morgan fingerprint density at radius 3 is 2.50 bits per heavy atom. The molecule has 4 aliphatic rings. The van der Waals surface area contributed by atoms with Crippen molar-refractivity contribution in [2.45, 2.75) is 43.4 Å². The first kappa shape index (κ1) is 15.2. The Kier molecular flexibility index (Phi) is 3.46. The number of aromatic nitrogens is 1. The molecule has 1 aromatic heterocycles. The fourth-order valence-electron chi connectivity index (χ4n) is 5.76. The molecule has 0 saturated heterocycles. The molecule has 0 aliphatic heterocycles. The number of nitrogens with one attached hydrogen (secondary N) is 1. The van der Waals surface area contributed by atoms with Gasteiger partial charge in [0.25, 0.3) is 0 Å². The summed E-state index contributed by atoms with van der Waals surface area (Å²) >= 11 is 3.31. The first-order valence-corrected chi connectivity index (χ1v) is 10.9. The molecule has 0 spiro atoms. The Bertz CT molecular complexity index is 778. The number of carbonyl (C=O) groups excluding carboxylic acids is 1. The summed E-state index contributed by atoms with van der Waals surface area (Å²) in [5, 5.41) is 3.97. The largest absolute Gasteiger partial charge is 0.301 e. The zero-order valence-corrected chi connectivity index (χ0v) is 15.5. The number of nitrogens with zero attached hydrogens (tertiary/aromatic N) is 1. The molecule has 0 radical (unpaired) electrons. The summed E-state index contributed by atoms with van der Waals surface area (Å²) in [6.45, 7) is 0. The lowest BCUT2D eigenvalue weighted by Crippen LogP contribution is -2.51. The van der Waals surface area contributed by atoms with Crippen LogP contribution in [0.4, 0.5) is 5.13 Å². The highest BCUT2D eigenvalue weighted by atomic mass is 32.2. The first-order valence-electron chi connectivity index (χ1n) is 8.90. The van der Waals surface area contributed by atoms with Crippen molar-refractivity contribution in [1.82, 2.24) is 4.98 Å². The molecule has 126 valence electrons. The van der Waals surface area contributed by atoms with E-state index in [2.05, 4.69) is 29.8 Å². The minimum atomic E-state index is -0.102. The highest BCUT2D eigenvalue weighted by molar-refractivity contribution is 7.98. The van der Waals surface area contributed by atoms with E-state index in [9.17, 15) is 4.79 Å². The quantitative estimate of drug-likeness (QED) is 0.769. The summed E-state index contributed by atoms with van der Waals surface area (Å²) in [6.07, 6.45) is 9.48. The number of anilines is 1. The van der Waals surface area contributed by atoms with Crippen molar-refractivity contribution in [2.75, 3.05) is 11.6 Å². The number of fused-ring (bicyclic) bond motifs is 1. The monoisotopic (exact) mass is 358 g/mol. The number of benzene rings is 1. The highest BCUT2D eigenvalue weighted by Crippen LogP contribution is 2.60. The van der Waals surface area contributed by atoms with Crippen LogP contribution in [0.1, 0.15) is 38.5 Å². The molecular weight excluding hydrogens is 336 g/mol. The lowest BCUT2D eigenvalue weighted by molar-refractivity contribution is -0.140. The summed E-state index contributed by atoms with van der Waals surface area (Å²) in [7, 11) is 0. The van der Waals surface area contributed by atoms with E-state index in [0.717, 1.165) is 52.4 Å². The van der Waals surface area contributed by atoms with Gasteiger partial charge in [-0.05, 0) is 74.7 Å². The summed E-state index contributed by atoms with van der Waals surface area (Å²) in [5.41, 5.74) is 0.922. The molecule has 4 aliphatic carbocycles. The van der Waals surface area contributed by atoms with Crippen LogP contribution in [-0.4, -0.2) is 17.1 Å². The summed E-state index contributed by atoms with van der Waals surface area (Å²) in [4.78, 5) is 19.0. The maximum absolute atomic E-state index is 13.1. The molecule has 0 unspecified atom stereocenters. The van der Waals surface area contributed by atoms with Crippen molar-refractivity contribution in [3.63, 3.8) is 0 Å². The van der Waals surface area contributed by atoms with Crippen molar-refractivity contribution in [1.29, 1.82) is 0 Å². The molecule has 5 heteroatoms. The van der Waals surface area contributed by atoms with E-state index in [1.807, 2.05) is 0 Å². The van der Waals surface area contributed by atoms with Gasteiger partial charge in [0, 0.05) is 4.90 Å². The fraction of sp³-hybridized carbons (Fsp3) is 0.579. The van der Waals surface area contributed by atoms with Gasteiger partial charge in [0.05, 0.1) is 15.6 Å². The van der Waals surface area contributed by atoms with Gasteiger partial charge in [-0.2, -0.15) is 0 Å². The minimum absolute atomic E-state index is 0.102. The second kappa shape index (κ2) is 5.46. The van der Waals surface area contributed by atoms with Gasteiger partial charge in [0.15, 0.2) is 5.13 Å². The second-order valence-corrected chi connectivity index (χ2v) is 9.86. The van der Waals surface area contributed by atoms with Crippen LogP contribution in [0.3, 0.4) is 0 Å². The van der Waals surface area contributed by atoms with E-state index in [-0.39, 0.29) is 11.3 Å². The van der Waals surface area contributed by atoms with E-state index in [0.29, 0.717) is 0 Å². The maximum atomic E-state index is 13.1. The van der Waals surface area contributed by atoms with E-state index in [1.54, 1.807) is 23.1 Å². The standard InChI is InChI=1S/C19H22N2OS2/c1-23-14-3-2-4-15-16(14)20-18(24-15)21-17(22)19-8-11-5-12(9-19)7-13(6-11)10-19/h2-4,11-13H,5-10H2,1H3,(H,20,21,22). The number of amides is 1.